The van der Waals surface area contributed by atoms with E-state index in [1.54, 1.807) is 41.3 Å². The highest BCUT2D eigenvalue weighted by atomic mass is 35.5. The van der Waals surface area contributed by atoms with Crippen molar-refractivity contribution in [3.63, 3.8) is 0 Å². The lowest BCUT2D eigenvalue weighted by atomic mass is 10.1. The number of benzene rings is 2. The fraction of sp³-hybridized carbons (Fsp3) is 0.160. The van der Waals surface area contributed by atoms with Crippen molar-refractivity contribution in [3.05, 3.63) is 94.2 Å². The summed E-state index contributed by atoms with van der Waals surface area (Å²) < 4.78 is 5.24. The third-order valence-electron chi connectivity index (χ3n) is 5.55. The molecule has 0 unspecified atom stereocenters. The van der Waals surface area contributed by atoms with Crippen LogP contribution in [0.15, 0.2) is 77.4 Å². The van der Waals surface area contributed by atoms with Gasteiger partial charge in [0.25, 0.3) is 5.91 Å². The molecule has 2 aromatic heterocycles. The Morgan fingerprint density at radius 2 is 1.64 bits per heavy atom. The molecule has 0 saturated carbocycles. The number of hydrogen-bond donors (Lipinski definition) is 0. The second-order valence-electron chi connectivity index (χ2n) is 7.63. The van der Waals surface area contributed by atoms with Gasteiger partial charge in [-0.2, -0.15) is 0 Å². The van der Waals surface area contributed by atoms with Crippen LogP contribution >= 0.6 is 22.9 Å². The molecule has 0 atom stereocenters. The first-order valence-corrected chi connectivity index (χ1v) is 11.7. The molecule has 8 heteroatoms. The zero-order chi connectivity index (χ0) is 22.8. The maximum absolute atomic E-state index is 13.4. The van der Waals surface area contributed by atoms with Crippen LogP contribution in [0.3, 0.4) is 0 Å². The van der Waals surface area contributed by atoms with Gasteiger partial charge in [-0.1, -0.05) is 53.3 Å². The zero-order valence-electron chi connectivity index (χ0n) is 17.6. The molecular formula is C25H20ClN3O3S. The number of carbonyl (C=O) groups is 2. The minimum atomic E-state index is -0.109. The third kappa shape index (κ3) is 4.42. The van der Waals surface area contributed by atoms with Gasteiger partial charge in [0.2, 0.25) is 5.78 Å². The van der Waals surface area contributed by atoms with E-state index >= 15 is 0 Å². The van der Waals surface area contributed by atoms with E-state index in [2.05, 4.69) is 4.90 Å². The smallest absolute Gasteiger partial charge is 0.289 e. The molecule has 166 valence electrons. The molecule has 1 aliphatic rings. The first-order valence-electron chi connectivity index (χ1n) is 10.5. The normalized spacial score (nSPS) is 13.8. The van der Waals surface area contributed by atoms with Crippen molar-refractivity contribution in [2.75, 3.05) is 31.1 Å². The largest absolute Gasteiger partial charge is 0.459 e. The summed E-state index contributed by atoms with van der Waals surface area (Å²) in [5, 5.41) is 1.36. The van der Waals surface area contributed by atoms with Crippen LogP contribution in [-0.4, -0.2) is 47.8 Å². The van der Waals surface area contributed by atoms with E-state index in [-0.39, 0.29) is 11.7 Å². The van der Waals surface area contributed by atoms with Crippen LogP contribution in [-0.2, 0) is 0 Å². The number of anilines is 1. The first-order chi connectivity index (χ1) is 16.1. The van der Waals surface area contributed by atoms with Crippen LogP contribution < -0.4 is 4.90 Å². The number of carbonyl (C=O) groups excluding carboxylic acids is 2. The van der Waals surface area contributed by atoms with Crippen LogP contribution in [0.25, 0.3) is 11.3 Å². The molecule has 1 aliphatic heterocycles. The third-order valence-corrected chi connectivity index (χ3v) is 6.91. The van der Waals surface area contributed by atoms with Gasteiger partial charge < -0.3 is 14.2 Å². The summed E-state index contributed by atoms with van der Waals surface area (Å²) in [7, 11) is 0. The molecule has 1 saturated heterocycles. The van der Waals surface area contributed by atoms with Crippen molar-refractivity contribution in [3.8, 4) is 11.3 Å². The van der Waals surface area contributed by atoms with Gasteiger partial charge in [-0.3, -0.25) is 9.59 Å². The van der Waals surface area contributed by atoms with E-state index in [9.17, 15) is 9.59 Å². The highest BCUT2D eigenvalue weighted by Crippen LogP contribution is 2.35. The van der Waals surface area contributed by atoms with Gasteiger partial charge in [-0.15, -0.1) is 0 Å². The van der Waals surface area contributed by atoms with E-state index in [1.807, 2.05) is 30.3 Å². The predicted octanol–water partition coefficient (Wildman–Crippen LogP) is 5.25. The minimum Gasteiger partial charge on any atom is -0.459 e. The molecule has 33 heavy (non-hydrogen) atoms. The highest BCUT2D eigenvalue weighted by Gasteiger charge is 2.28. The van der Waals surface area contributed by atoms with Crippen molar-refractivity contribution < 1.29 is 14.0 Å². The summed E-state index contributed by atoms with van der Waals surface area (Å²) in [6.07, 6.45) is 1.50. The Kier molecular flexibility index (Phi) is 5.98. The first kappa shape index (κ1) is 21.4. The fourth-order valence-electron chi connectivity index (χ4n) is 3.78. The molecule has 0 radical (unpaired) electrons. The van der Waals surface area contributed by atoms with Gasteiger partial charge in [0.05, 0.1) is 12.0 Å². The average molecular weight is 478 g/mol. The second kappa shape index (κ2) is 9.21. The lowest BCUT2D eigenvalue weighted by molar-refractivity contribution is 0.0714. The number of furan rings is 1. The van der Waals surface area contributed by atoms with Gasteiger partial charge in [0.15, 0.2) is 10.9 Å². The van der Waals surface area contributed by atoms with Crippen molar-refractivity contribution >= 4 is 39.8 Å². The van der Waals surface area contributed by atoms with E-state index in [4.69, 9.17) is 21.0 Å². The number of piperazine rings is 1. The van der Waals surface area contributed by atoms with Crippen molar-refractivity contribution in [1.82, 2.24) is 9.88 Å². The van der Waals surface area contributed by atoms with E-state index in [1.165, 1.54) is 17.6 Å². The van der Waals surface area contributed by atoms with Crippen molar-refractivity contribution in [2.24, 2.45) is 0 Å². The number of hydrogen-bond acceptors (Lipinski definition) is 6. The molecule has 5 rings (SSSR count). The molecule has 4 aromatic rings. The molecule has 0 bridgehead atoms. The fourth-order valence-corrected chi connectivity index (χ4v) is 5.01. The van der Waals surface area contributed by atoms with Crippen LogP contribution in [0.2, 0.25) is 5.02 Å². The monoisotopic (exact) mass is 477 g/mol. The summed E-state index contributed by atoms with van der Waals surface area (Å²) in [4.78, 5) is 35.3. The second-order valence-corrected chi connectivity index (χ2v) is 9.05. The maximum Gasteiger partial charge on any atom is 0.289 e. The Morgan fingerprint density at radius 1 is 0.909 bits per heavy atom. The van der Waals surface area contributed by atoms with Gasteiger partial charge in [-0.05, 0) is 36.4 Å². The summed E-state index contributed by atoms with van der Waals surface area (Å²) in [6, 6.07) is 20.0. The number of rotatable bonds is 5. The van der Waals surface area contributed by atoms with Gasteiger partial charge in [-0.25, -0.2) is 4.98 Å². The molecular weight excluding hydrogens is 458 g/mol. The quantitative estimate of drug-likeness (QED) is 0.367. The summed E-state index contributed by atoms with van der Waals surface area (Å²) in [5.74, 6) is 0.156. The summed E-state index contributed by atoms with van der Waals surface area (Å²) in [6.45, 7) is 2.37. The molecule has 1 amide bonds. The Hall–Kier alpha value is -3.42. The molecule has 0 N–H and O–H groups in total. The molecule has 0 spiro atoms. The number of thiazole rings is 1. The SMILES string of the molecule is O=C(c1ccc(Cl)cc1)c1sc(N2CCN(C(=O)c3ccco3)CC2)nc1-c1ccccc1. The Morgan fingerprint density at radius 3 is 2.30 bits per heavy atom. The van der Waals surface area contributed by atoms with E-state index in [0.717, 1.165) is 10.7 Å². The number of nitrogens with zero attached hydrogens (tertiary/aromatic N) is 3. The van der Waals surface area contributed by atoms with Crippen molar-refractivity contribution in [2.45, 2.75) is 0 Å². The number of halogens is 1. The number of ketones is 1. The number of aromatic nitrogens is 1. The van der Waals surface area contributed by atoms with Crippen molar-refractivity contribution in [1.29, 1.82) is 0 Å². The van der Waals surface area contributed by atoms with Gasteiger partial charge in [0.1, 0.15) is 4.88 Å². The predicted molar refractivity (Wildman–Crippen MR) is 129 cm³/mol. The molecule has 6 nitrogen and oxygen atoms in total. The van der Waals surface area contributed by atoms with Crippen LogP contribution in [0, 0.1) is 0 Å². The summed E-state index contributed by atoms with van der Waals surface area (Å²) in [5.41, 5.74) is 2.13. The zero-order valence-corrected chi connectivity index (χ0v) is 19.2. The average Bonchev–Trinajstić information content (AvgIpc) is 3.55. The van der Waals surface area contributed by atoms with E-state index < -0.39 is 0 Å². The Bertz CT molecular complexity index is 1260. The molecule has 3 heterocycles. The number of amides is 1. The molecule has 1 fully saturated rings. The van der Waals surface area contributed by atoms with Crippen LogP contribution in [0.4, 0.5) is 5.13 Å². The van der Waals surface area contributed by atoms with Gasteiger partial charge in [0, 0.05) is 42.3 Å². The highest BCUT2D eigenvalue weighted by molar-refractivity contribution is 7.18. The lowest BCUT2D eigenvalue weighted by Gasteiger charge is -2.34. The van der Waals surface area contributed by atoms with Gasteiger partial charge >= 0.3 is 0 Å². The lowest BCUT2D eigenvalue weighted by Crippen LogP contribution is -2.48. The standard InChI is InChI=1S/C25H20ClN3O3S/c26-19-10-8-18(9-11-19)22(30)23-21(17-5-2-1-3-6-17)27-25(33-23)29-14-12-28(13-15-29)24(31)20-7-4-16-32-20/h1-11,16H,12-15H2. The van der Waals surface area contributed by atoms with E-state index in [0.29, 0.717) is 53.1 Å². The minimum absolute atomic E-state index is 0.0825. The Labute approximate surface area is 200 Å². The molecule has 2 aromatic carbocycles. The van der Waals surface area contributed by atoms with Crippen LogP contribution in [0.5, 0.6) is 0 Å². The van der Waals surface area contributed by atoms with Crippen LogP contribution in [0.1, 0.15) is 25.8 Å². The molecule has 0 aliphatic carbocycles. The topological polar surface area (TPSA) is 66.7 Å². The summed E-state index contributed by atoms with van der Waals surface area (Å²) >= 11 is 7.39. The maximum atomic E-state index is 13.4. The Balaban J connectivity index is 1.41.